The van der Waals surface area contributed by atoms with Crippen LogP contribution < -0.4 is 10.2 Å². The van der Waals surface area contributed by atoms with E-state index in [9.17, 15) is 18.0 Å². The quantitative estimate of drug-likeness (QED) is 0.399. The maximum Gasteiger partial charge on any atom is 0.259 e. The van der Waals surface area contributed by atoms with Crippen LogP contribution in [0.25, 0.3) is 0 Å². The summed E-state index contributed by atoms with van der Waals surface area (Å²) in [5, 5.41) is 3.47. The summed E-state index contributed by atoms with van der Waals surface area (Å²) in [5.74, 6) is -0.0618. The van der Waals surface area contributed by atoms with Crippen molar-refractivity contribution >= 4 is 38.9 Å². The number of sulfone groups is 1. The molecule has 0 unspecified atom stereocenters. The molecule has 2 aliphatic rings. The zero-order valence-electron chi connectivity index (χ0n) is 21.9. The number of piperidine rings is 1. The summed E-state index contributed by atoms with van der Waals surface area (Å²) in [6.07, 6.45) is 3.30. The van der Waals surface area contributed by atoms with E-state index in [1.54, 1.807) is 30.3 Å². The summed E-state index contributed by atoms with van der Waals surface area (Å²) in [6, 6.07) is 17.7. The molecule has 1 fully saturated rings. The number of amides is 2. The van der Waals surface area contributed by atoms with E-state index in [0.29, 0.717) is 23.0 Å². The molecule has 204 valence electrons. The first-order chi connectivity index (χ1) is 18.7. The van der Waals surface area contributed by atoms with E-state index >= 15 is 0 Å². The van der Waals surface area contributed by atoms with Crippen LogP contribution in [-0.4, -0.2) is 51.3 Å². The maximum atomic E-state index is 13.8. The van der Waals surface area contributed by atoms with E-state index in [2.05, 4.69) is 17.1 Å². The summed E-state index contributed by atoms with van der Waals surface area (Å²) >= 11 is 6.19. The highest BCUT2D eigenvalue weighted by Gasteiger charge is 2.36. The van der Waals surface area contributed by atoms with Crippen LogP contribution in [0, 0.1) is 5.92 Å². The highest BCUT2D eigenvalue weighted by molar-refractivity contribution is 7.91. The number of carbonyl (C=O) groups excluding carboxylic acids is 2. The predicted molar refractivity (Wildman–Crippen MR) is 152 cm³/mol. The Hall–Kier alpha value is -3.20. The van der Waals surface area contributed by atoms with Gasteiger partial charge < -0.3 is 15.1 Å². The molecule has 9 heteroatoms. The fraction of sp³-hybridized carbons (Fsp3) is 0.333. The van der Waals surface area contributed by atoms with Crippen molar-refractivity contribution < 1.29 is 18.0 Å². The van der Waals surface area contributed by atoms with E-state index in [0.717, 1.165) is 31.6 Å². The number of hydrogen-bond donors (Lipinski definition) is 1. The second-order valence-electron chi connectivity index (χ2n) is 10.4. The summed E-state index contributed by atoms with van der Waals surface area (Å²) in [5.41, 5.74) is 1.30. The number of fused-ring (bicyclic) bond motifs is 2. The van der Waals surface area contributed by atoms with Crippen LogP contribution in [0.1, 0.15) is 52.5 Å². The molecule has 0 bridgehead atoms. The minimum atomic E-state index is -4.01. The fourth-order valence-corrected chi connectivity index (χ4v) is 7.26. The maximum absolute atomic E-state index is 13.8. The molecule has 0 aliphatic carbocycles. The lowest BCUT2D eigenvalue weighted by molar-refractivity contribution is 0.0946. The third kappa shape index (κ3) is 5.88. The molecular weight excluding hydrogens is 534 g/mol. The van der Waals surface area contributed by atoms with E-state index < -0.39 is 15.7 Å². The zero-order valence-corrected chi connectivity index (χ0v) is 23.5. The number of benzene rings is 3. The van der Waals surface area contributed by atoms with Crippen molar-refractivity contribution in [1.82, 2.24) is 10.2 Å². The normalized spacial score (nSPS) is 18.7. The van der Waals surface area contributed by atoms with Crippen molar-refractivity contribution in [3.05, 3.63) is 88.4 Å². The molecule has 3 aromatic rings. The number of likely N-dealkylation sites (tertiary alicyclic amines) is 1. The van der Waals surface area contributed by atoms with Crippen LogP contribution in [0.15, 0.2) is 76.5 Å². The fourth-order valence-electron chi connectivity index (χ4n) is 5.42. The molecule has 0 radical (unpaired) electrons. The predicted octanol–water partition coefficient (Wildman–Crippen LogP) is 5.19. The second-order valence-corrected chi connectivity index (χ2v) is 12.7. The molecule has 7 nitrogen and oxygen atoms in total. The number of hydrogen-bond acceptors (Lipinski definition) is 5. The van der Waals surface area contributed by atoms with Gasteiger partial charge in [0.25, 0.3) is 11.8 Å². The third-order valence-corrected chi connectivity index (χ3v) is 9.46. The van der Waals surface area contributed by atoms with Gasteiger partial charge >= 0.3 is 0 Å². The van der Waals surface area contributed by atoms with Crippen LogP contribution >= 0.6 is 11.6 Å². The first kappa shape index (κ1) is 27.4. The molecule has 5 rings (SSSR count). The van der Waals surface area contributed by atoms with Gasteiger partial charge in [0.2, 0.25) is 9.84 Å². The minimum absolute atomic E-state index is 0.0152. The first-order valence-electron chi connectivity index (χ1n) is 13.3. The standard InChI is InChI=1S/C30H32ClN3O4S/c1-21-7-5-15-33(19-21)16-6-14-32-29(35)23-12-13-28-26(18-23)34(20-22-8-4-9-24(31)17-22)30(36)25-10-2-3-11-27(25)39(28,37)38/h2-4,8-13,17-18,21H,5-7,14-16,19-20H2,1H3,(H,32,35)/t21-/m0/s1. The van der Waals surface area contributed by atoms with Gasteiger partial charge in [0.1, 0.15) is 0 Å². The van der Waals surface area contributed by atoms with Crippen molar-refractivity contribution in [2.45, 2.75) is 42.5 Å². The average Bonchev–Trinajstić information content (AvgIpc) is 2.99. The Morgan fingerprint density at radius 1 is 1.05 bits per heavy atom. The SMILES string of the molecule is C[C@H]1CCCN(CCCNC(=O)c2ccc3c(c2)N(Cc2cccc(Cl)c2)C(=O)c2ccccc2S3(=O)=O)C1. The van der Waals surface area contributed by atoms with E-state index in [1.807, 2.05) is 6.07 Å². The topological polar surface area (TPSA) is 86.8 Å². The highest BCUT2D eigenvalue weighted by Crippen LogP contribution is 2.38. The van der Waals surface area contributed by atoms with Gasteiger partial charge in [-0.25, -0.2) is 8.42 Å². The van der Waals surface area contributed by atoms with Gasteiger partial charge in [-0.3, -0.25) is 9.59 Å². The molecule has 1 atom stereocenters. The number of carbonyl (C=O) groups is 2. The van der Waals surface area contributed by atoms with Gasteiger partial charge in [-0.1, -0.05) is 42.8 Å². The summed E-state index contributed by atoms with van der Waals surface area (Å²) < 4.78 is 27.3. The van der Waals surface area contributed by atoms with E-state index in [4.69, 9.17) is 11.6 Å². The first-order valence-corrected chi connectivity index (χ1v) is 15.1. The Kier molecular flexibility index (Phi) is 8.07. The Morgan fingerprint density at radius 3 is 2.67 bits per heavy atom. The number of rotatable bonds is 7. The third-order valence-electron chi connectivity index (χ3n) is 7.36. The highest BCUT2D eigenvalue weighted by atomic mass is 35.5. The monoisotopic (exact) mass is 565 g/mol. The minimum Gasteiger partial charge on any atom is -0.352 e. The van der Waals surface area contributed by atoms with Gasteiger partial charge in [-0.15, -0.1) is 0 Å². The van der Waals surface area contributed by atoms with Crippen LogP contribution in [0.2, 0.25) is 5.02 Å². The second kappa shape index (κ2) is 11.5. The van der Waals surface area contributed by atoms with Gasteiger partial charge in [0.05, 0.1) is 27.6 Å². The summed E-state index contributed by atoms with van der Waals surface area (Å²) in [7, 11) is -4.01. The Labute approximate surface area is 234 Å². The average molecular weight is 566 g/mol. The van der Waals surface area contributed by atoms with Crippen molar-refractivity contribution in [3.8, 4) is 0 Å². The van der Waals surface area contributed by atoms with Crippen molar-refractivity contribution in [2.75, 3.05) is 31.1 Å². The lowest BCUT2D eigenvalue weighted by atomic mass is 10.0. The Balaban J connectivity index is 1.43. The molecule has 2 heterocycles. The van der Waals surface area contributed by atoms with Gasteiger partial charge in [0, 0.05) is 23.7 Å². The molecule has 0 spiro atoms. The van der Waals surface area contributed by atoms with Gasteiger partial charge in [-0.2, -0.15) is 0 Å². The number of anilines is 1. The number of halogens is 1. The van der Waals surface area contributed by atoms with Crippen LogP contribution in [0.5, 0.6) is 0 Å². The molecule has 0 aromatic heterocycles. The smallest absolute Gasteiger partial charge is 0.259 e. The zero-order chi connectivity index (χ0) is 27.6. The Morgan fingerprint density at radius 2 is 1.87 bits per heavy atom. The molecule has 2 amide bonds. The van der Waals surface area contributed by atoms with E-state index in [-0.39, 0.29) is 33.5 Å². The van der Waals surface area contributed by atoms with Crippen LogP contribution in [0.3, 0.4) is 0 Å². The molecular formula is C30H32ClN3O4S. The van der Waals surface area contributed by atoms with Gasteiger partial charge in [0.15, 0.2) is 0 Å². The summed E-state index contributed by atoms with van der Waals surface area (Å²) in [4.78, 5) is 30.6. The van der Waals surface area contributed by atoms with Crippen molar-refractivity contribution in [2.24, 2.45) is 5.92 Å². The van der Waals surface area contributed by atoms with Crippen molar-refractivity contribution in [3.63, 3.8) is 0 Å². The molecule has 1 saturated heterocycles. The van der Waals surface area contributed by atoms with Crippen LogP contribution in [-0.2, 0) is 16.4 Å². The van der Waals surface area contributed by atoms with Crippen LogP contribution in [0.4, 0.5) is 5.69 Å². The molecule has 3 aromatic carbocycles. The lowest BCUT2D eigenvalue weighted by Gasteiger charge is -2.30. The summed E-state index contributed by atoms with van der Waals surface area (Å²) in [6.45, 7) is 5.98. The lowest BCUT2D eigenvalue weighted by Crippen LogP contribution is -2.36. The molecule has 2 aliphatic heterocycles. The molecule has 39 heavy (non-hydrogen) atoms. The molecule has 0 saturated carbocycles. The number of nitrogens with one attached hydrogen (secondary N) is 1. The van der Waals surface area contributed by atoms with Crippen molar-refractivity contribution in [1.29, 1.82) is 0 Å². The van der Waals surface area contributed by atoms with Gasteiger partial charge in [-0.05, 0) is 86.3 Å². The largest absolute Gasteiger partial charge is 0.352 e. The Bertz CT molecular complexity index is 1510. The number of nitrogens with zero attached hydrogens (tertiary/aromatic N) is 2. The molecule has 1 N–H and O–H groups in total. The van der Waals surface area contributed by atoms with E-state index in [1.165, 1.54) is 48.1 Å².